The van der Waals surface area contributed by atoms with Crippen molar-refractivity contribution in [2.24, 2.45) is 0 Å². The van der Waals surface area contributed by atoms with Gasteiger partial charge in [0.15, 0.2) is 0 Å². The van der Waals surface area contributed by atoms with Crippen molar-refractivity contribution in [1.82, 2.24) is 4.90 Å². The van der Waals surface area contributed by atoms with Gasteiger partial charge in [-0.3, -0.25) is 4.90 Å². The van der Waals surface area contributed by atoms with Crippen LogP contribution in [0.15, 0.2) is 0 Å². The van der Waals surface area contributed by atoms with Gasteiger partial charge in [-0.25, -0.2) is 0 Å². The summed E-state index contributed by atoms with van der Waals surface area (Å²) in [6.07, 6.45) is 4.66. The zero-order valence-corrected chi connectivity index (χ0v) is 10.7. The van der Waals surface area contributed by atoms with Gasteiger partial charge in [-0.15, -0.1) is 0 Å². The van der Waals surface area contributed by atoms with Gasteiger partial charge in [-0.1, -0.05) is 26.7 Å². The molecule has 0 amide bonds. The maximum Gasteiger partial charge on any atom is 0.0695 e. The average molecular weight is 229 g/mol. The molecule has 4 atom stereocenters. The van der Waals surface area contributed by atoms with Crippen LogP contribution in [-0.4, -0.2) is 45.7 Å². The third kappa shape index (κ3) is 2.89. The Labute approximate surface area is 97.4 Å². The molecular weight excluding hydrogens is 206 g/mol. The van der Waals surface area contributed by atoms with Crippen LogP contribution in [0.1, 0.15) is 39.5 Å². The third-order valence-electron chi connectivity index (χ3n) is 3.61. The summed E-state index contributed by atoms with van der Waals surface area (Å²) in [5.41, 5.74) is 0. The van der Waals surface area contributed by atoms with E-state index in [2.05, 4.69) is 30.5 Å². The maximum absolute atomic E-state index is 10.0. The van der Waals surface area contributed by atoms with Gasteiger partial charge in [0.2, 0.25) is 0 Å². The lowest BCUT2D eigenvalue weighted by atomic mass is 9.91. The molecule has 2 rings (SSSR count). The molecule has 1 saturated carbocycles. The lowest BCUT2D eigenvalue weighted by molar-refractivity contribution is 0.0191. The van der Waals surface area contributed by atoms with Crippen LogP contribution in [-0.2, 0) is 0 Å². The smallest absolute Gasteiger partial charge is 0.0695 e. The predicted octanol–water partition coefficient (Wildman–Crippen LogP) is 2.12. The van der Waals surface area contributed by atoms with E-state index in [1.54, 1.807) is 0 Å². The number of hydrogen-bond acceptors (Lipinski definition) is 3. The van der Waals surface area contributed by atoms with Crippen LogP contribution in [0.25, 0.3) is 0 Å². The van der Waals surface area contributed by atoms with E-state index in [9.17, 15) is 5.11 Å². The van der Waals surface area contributed by atoms with Gasteiger partial charge in [0.05, 0.1) is 6.10 Å². The van der Waals surface area contributed by atoms with Crippen molar-refractivity contribution in [2.45, 2.75) is 62.2 Å². The third-order valence-corrected chi connectivity index (χ3v) is 4.84. The Balaban J connectivity index is 1.95. The predicted molar refractivity (Wildman–Crippen MR) is 66.4 cm³/mol. The molecule has 2 fully saturated rings. The molecule has 88 valence electrons. The van der Waals surface area contributed by atoms with E-state index in [-0.39, 0.29) is 6.10 Å². The minimum absolute atomic E-state index is 0.0683. The normalized spacial score (nSPS) is 44.2. The minimum Gasteiger partial charge on any atom is -0.391 e. The summed E-state index contributed by atoms with van der Waals surface area (Å²) >= 11 is 2.09. The van der Waals surface area contributed by atoms with Crippen molar-refractivity contribution in [3.63, 3.8) is 0 Å². The molecule has 0 aromatic heterocycles. The van der Waals surface area contributed by atoms with Crippen LogP contribution in [0.3, 0.4) is 0 Å². The molecule has 1 aliphatic carbocycles. The summed E-state index contributed by atoms with van der Waals surface area (Å²) < 4.78 is 0. The Bertz CT molecular complexity index is 202. The number of aliphatic hydroxyl groups is 1. The van der Waals surface area contributed by atoms with Crippen molar-refractivity contribution < 1.29 is 5.11 Å². The molecule has 1 saturated heterocycles. The molecular formula is C12H23NOS. The Morgan fingerprint density at radius 3 is 2.27 bits per heavy atom. The summed E-state index contributed by atoms with van der Waals surface area (Å²) in [6, 6.07) is 0.449. The number of thioether (sulfide) groups is 1. The molecule has 0 aromatic rings. The van der Waals surface area contributed by atoms with E-state index in [0.29, 0.717) is 6.04 Å². The van der Waals surface area contributed by atoms with Crippen LogP contribution < -0.4 is 0 Å². The molecule has 0 aromatic carbocycles. The first kappa shape index (κ1) is 11.7. The summed E-state index contributed by atoms with van der Waals surface area (Å²) in [6.45, 7) is 6.94. The van der Waals surface area contributed by atoms with E-state index in [0.717, 1.165) is 30.0 Å². The lowest BCUT2D eigenvalue weighted by Crippen LogP contribution is -2.52. The van der Waals surface area contributed by atoms with E-state index < -0.39 is 0 Å². The number of rotatable bonds is 1. The van der Waals surface area contributed by atoms with Crippen LogP contribution >= 0.6 is 11.8 Å². The average Bonchev–Trinajstić information content (AvgIpc) is 2.16. The summed E-state index contributed by atoms with van der Waals surface area (Å²) in [5.74, 6) is 0. The molecule has 2 aliphatic rings. The fourth-order valence-electron chi connectivity index (χ4n) is 3.01. The molecule has 1 aliphatic heterocycles. The van der Waals surface area contributed by atoms with Crippen molar-refractivity contribution in [3.05, 3.63) is 0 Å². The highest BCUT2D eigenvalue weighted by Crippen LogP contribution is 2.30. The van der Waals surface area contributed by atoms with Crippen LogP contribution in [0.2, 0.25) is 0 Å². The SMILES string of the molecule is CC1CN([C@H]2CCCC[C@@H]2O)CC(C)S1. The summed E-state index contributed by atoms with van der Waals surface area (Å²) in [4.78, 5) is 2.54. The zero-order valence-electron chi connectivity index (χ0n) is 9.85. The van der Waals surface area contributed by atoms with Gasteiger partial charge < -0.3 is 5.11 Å². The van der Waals surface area contributed by atoms with Gasteiger partial charge in [0.1, 0.15) is 0 Å². The second kappa shape index (κ2) is 5.07. The van der Waals surface area contributed by atoms with Gasteiger partial charge in [-0.2, -0.15) is 11.8 Å². The minimum atomic E-state index is -0.0683. The van der Waals surface area contributed by atoms with Crippen LogP contribution in [0.5, 0.6) is 0 Å². The maximum atomic E-state index is 10.0. The van der Waals surface area contributed by atoms with E-state index in [1.807, 2.05) is 0 Å². The monoisotopic (exact) mass is 229 g/mol. The highest BCUT2D eigenvalue weighted by molar-refractivity contribution is 8.00. The molecule has 2 nitrogen and oxygen atoms in total. The summed E-state index contributed by atoms with van der Waals surface area (Å²) in [5, 5.41) is 11.5. The zero-order chi connectivity index (χ0) is 10.8. The van der Waals surface area contributed by atoms with Gasteiger partial charge in [-0.05, 0) is 12.8 Å². The second-order valence-corrected chi connectivity index (χ2v) is 7.01. The van der Waals surface area contributed by atoms with Gasteiger partial charge in [0, 0.05) is 29.6 Å². The van der Waals surface area contributed by atoms with Crippen LogP contribution in [0.4, 0.5) is 0 Å². The van der Waals surface area contributed by atoms with E-state index in [1.165, 1.54) is 19.3 Å². The standard InChI is InChI=1S/C12H23NOS/c1-9-7-13(8-10(2)15-9)11-5-3-4-6-12(11)14/h9-12,14H,3-8H2,1-2H3/t9?,10?,11-,12-/m0/s1. The first-order valence-electron chi connectivity index (χ1n) is 6.24. The Kier molecular flexibility index (Phi) is 3.97. The Morgan fingerprint density at radius 2 is 1.67 bits per heavy atom. The van der Waals surface area contributed by atoms with E-state index >= 15 is 0 Å². The molecule has 1 N–H and O–H groups in total. The molecule has 3 heteroatoms. The fraction of sp³-hybridized carbons (Fsp3) is 1.00. The number of aliphatic hydroxyl groups excluding tert-OH is 1. The molecule has 0 radical (unpaired) electrons. The molecule has 2 unspecified atom stereocenters. The molecule has 1 heterocycles. The second-order valence-electron chi connectivity index (χ2n) is 5.13. The van der Waals surface area contributed by atoms with Gasteiger partial charge in [0.25, 0.3) is 0 Å². The fourth-order valence-corrected chi connectivity index (χ4v) is 4.35. The topological polar surface area (TPSA) is 23.5 Å². The molecule has 0 spiro atoms. The number of nitrogens with zero attached hydrogens (tertiary/aromatic N) is 1. The van der Waals surface area contributed by atoms with Crippen molar-refractivity contribution in [1.29, 1.82) is 0 Å². The Hall–Kier alpha value is 0.270. The van der Waals surface area contributed by atoms with E-state index in [4.69, 9.17) is 0 Å². The highest BCUT2D eigenvalue weighted by Gasteiger charge is 2.33. The van der Waals surface area contributed by atoms with Crippen LogP contribution in [0, 0.1) is 0 Å². The molecule has 15 heavy (non-hydrogen) atoms. The lowest BCUT2D eigenvalue weighted by Gasteiger charge is -2.43. The first-order valence-corrected chi connectivity index (χ1v) is 7.18. The first-order chi connectivity index (χ1) is 7.16. The Morgan fingerprint density at radius 1 is 1.07 bits per heavy atom. The van der Waals surface area contributed by atoms with Gasteiger partial charge >= 0.3 is 0 Å². The van der Waals surface area contributed by atoms with Crippen molar-refractivity contribution >= 4 is 11.8 Å². The van der Waals surface area contributed by atoms with Crippen molar-refractivity contribution in [3.8, 4) is 0 Å². The quantitative estimate of drug-likeness (QED) is 0.745. The highest BCUT2D eigenvalue weighted by atomic mass is 32.2. The number of hydrogen-bond donors (Lipinski definition) is 1. The largest absolute Gasteiger partial charge is 0.391 e. The summed E-state index contributed by atoms with van der Waals surface area (Å²) in [7, 11) is 0. The van der Waals surface area contributed by atoms with Crippen molar-refractivity contribution in [2.75, 3.05) is 13.1 Å². The molecule has 0 bridgehead atoms.